The number of nitrogen functional groups attached to an aromatic ring is 1. The van der Waals surface area contributed by atoms with Crippen LogP contribution < -0.4 is 5.73 Å². The van der Waals surface area contributed by atoms with Gasteiger partial charge in [0.1, 0.15) is 12.4 Å². The average Bonchev–Trinajstić information content (AvgIpc) is 2.40. The van der Waals surface area contributed by atoms with Crippen LogP contribution in [0.4, 0.5) is 10.1 Å². The quantitative estimate of drug-likeness (QED) is 0.662. The molecule has 0 amide bonds. The van der Waals surface area contributed by atoms with E-state index in [0.29, 0.717) is 6.61 Å². The highest BCUT2D eigenvalue weighted by atomic mass is 19.1. The molecule has 1 aliphatic rings. The van der Waals surface area contributed by atoms with E-state index in [-0.39, 0.29) is 24.0 Å². The van der Waals surface area contributed by atoms with Gasteiger partial charge in [0.15, 0.2) is 0 Å². The Morgan fingerprint density at radius 3 is 3.06 bits per heavy atom. The number of carbonyl (C=O) groups excluding carboxylic acids is 1. The molecule has 18 heavy (non-hydrogen) atoms. The maximum absolute atomic E-state index is 13.0. The van der Waals surface area contributed by atoms with Gasteiger partial charge in [-0.15, -0.1) is 0 Å². The van der Waals surface area contributed by atoms with Gasteiger partial charge in [-0.1, -0.05) is 0 Å². The maximum atomic E-state index is 13.0. The van der Waals surface area contributed by atoms with E-state index in [4.69, 9.17) is 15.2 Å². The van der Waals surface area contributed by atoms with E-state index >= 15 is 0 Å². The summed E-state index contributed by atoms with van der Waals surface area (Å²) < 4.78 is 23.5. The predicted octanol–water partition coefficient (Wildman–Crippen LogP) is 2.13. The van der Waals surface area contributed by atoms with Gasteiger partial charge in [-0.05, 0) is 37.5 Å². The lowest BCUT2D eigenvalue weighted by Crippen LogP contribution is -2.26. The molecule has 4 nitrogen and oxygen atoms in total. The lowest BCUT2D eigenvalue weighted by Gasteiger charge is -2.22. The van der Waals surface area contributed by atoms with Crippen molar-refractivity contribution in [1.82, 2.24) is 0 Å². The summed E-state index contributed by atoms with van der Waals surface area (Å²) in [5.41, 5.74) is 5.88. The maximum Gasteiger partial charge on any atom is 0.340 e. The fourth-order valence-electron chi connectivity index (χ4n) is 1.89. The summed E-state index contributed by atoms with van der Waals surface area (Å²) in [6.07, 6.45) is 2.94. The Kier molecular flexibility index (Phi) is 4.15. The third kappa shape index (κ3) is 3.20. The smallest absolute Gasteiger partial charge is 0.340 e. The number of benzene rings is 1. The zero-order valence-corrected chi connectivity index (χ0v) is 10.0. The van der Waals surface area contributed by atoms with Gasteiger partial charge in [-0.25, -0.2) is 9.18 Å². The number of hydrogen-bond acceptors (Lipinski definition) is 4. The van der Waals surface area contributed by atoms with Crippen molar-refractivity contribution in [3.05, 3.63) is 29.6 Å². The molecular weight excluding hydrogens is 237 g/mol. The Morgan fingerprint density at radius 2 is 2.33 bits per heavy atom. The third-order valence-electron chi connectivity index (χ3n) is 2.91. The predicted molar refractivity (Wildman–Crippen MR) is 64.7 cm³/mol. The van der Waals surface area contributed by atoms with Gasteiger partial charge in [0.2, 0.25) is 0 Å². The molecule has 2 N–H and O–H groups in total. The van der Waals surface area contributed by atoms with Crippen LogP contribution in [0.3, 0.4) is 0 Å². The van der Waals surface area contributed by atoms with Crippen LogP contribution in [0.25, 0.3) is 0 Å². The van der Waals surface area contributed by atoms with Crippen LogP contribution in [-0.2, 0) is 9.47 Å². The minimum Gasteiger partial charge on any atom is -0.459 e. The minimum atomic E-state index is -0.610. The highest BCUT2D eigenvalue weighted by molar-refractivity contribution is 5.95. The SMILES string of the molecule is Nc1ccc(F)cc1C(=O)OC[C@H]1CCCCO1. The van der Waals surface area contributed by atoms with Gasteiger partial charge in [-0.2, -0.15) is 0 Å². The number of anilines is 1. The van der Waals surface area contributed by atoms with E-state index in [1.54, 1.807) is 0 Å². The first kappa shape index (κ1) is 12.8. The van der Waals surface area contributed by atoms with Crippen molar-refractivity contribution in [1.29, 1.82) is 0 Å². The summed E-state index contributed by atoms with van der Waals surface area (Å²) in [6, 6.07) is 3.64. The van der Waals surface area contributed by atoms with E-state index in [2.05, 4.69) is 0 Å². The highest BCUT2D eigenvalue weighted by Gasteiger charge is 2.18. The fourth-order valence-corrected chi connectivity index (χ4v) is 1.89. The summed E-state index contributed by atoms with van der Waals surface area (Å²) in [5, 5.41) is 0. The Hall–Kier alpha value is -1.62. The van der Waals surface area contributed by atoms with Gasteiger partial charge < -0.3 is 15.2 Å². The number of carbonyl (C=O) groups is 1. The Morgan fingerprint density at radius 1 is 1.50 bits per heavy atom. The van der Waals surface area contributed by atoms with E-state index in [0.717, 1.165) is 25.3 Å². The average molecular weight is 253 g/mol. The first-order valence-electron chi connectivity index (χ1n) is 6.00. The van der Waals surface area contributed by atoms with Crippen LogP contribution in [0.15, 0.2) is 18.2 Å². The van der Waals surface area contributed by atoms with Crippen LogP contribution in [0.5, 0.6) is 0 Å². The first-order chi connectivity index (χ1) is 8.66. The van der Waals surface area contributed by atoms with Crippen LogP contribution in [0.2, 0.25) is 0 Å². The van der Waals surface area contributed by atoms with Crippen LogP contribution >= 0.6 is 0 Å². The van der Waals surface area contributed by atoms with Crippen molar-refractivity contribution >= 4 is 11.7 Å². The molecule has 1 atom stereocenters. The summed E-state index contributed by atoms with van der Waals surface area (Å²) >= 11 is 0. The second kappa shape index (κ2) is 5.82. The summed E-state index contributed by atoms with van der Waals surface area (Å²) in [4.78, 5) is 11.7. The molecule has 0 radical (unpaired) electrons. The molecular formula is C13H16FNO3. The summed E-state index contributed by atoms with van der Waals surface area (Å²) in [5.74, 6) is -1.12. The van der Waals surface area contributed by atoms with E-state index in [1.165, 1.54) is 12.1 Å². The molecule has 5 heteroatoms. The van der Waals surface area contributed by atoms with Crippen LogP contribution in [0.1, 0.15) is 29.6 Å². The summed E-state index contributed by atoms with van der Waals surface area (Å²) in [7, 11) is 0. The molecule has 0 unspecified atom stereocenters. The minimum absolute atomic E-state index is 0.0579. The molecule has 1 fully saturated rings. The van der Waals surface area contributed by atoms with Gasteiger partial charge >= 0.3 is 5.97 Å². The molecule has 1 saturated heterocycles. The van der Waals surface area contributed by atoms with Gasteiger partial charge in [-0.3, -0.25) is 0 Å². The molecule has 0 aromatic heterocycles. The van der Waals surface area contributed by atoms with Crippen molar-refractivity contribution in [2.45, 2.75) is 25.4 Å². The molecule has 0 saturated carbocycles. The fraction of sp³-hybridized carbons (Fsp3) is 0.462. The topological polar surface area (TPSA) is 61.6 Å². The molecule has 1 aromatic carbocycles. The van der Waals surface area contributed by atoms with Crippen molar-refractivity contribution in [2.75, 3.05) is 18.9 Å². The third-order valence-corrected chi connectivity index (χ3v) is 2.91. The number of halogens is 1. The van der Waals surface area contributed by atoms with Gasteiger partial charge in [0.05, 0.1) is 11.7 Å². The lowest BCUT2D eigenvalue weighted by molar-refractivity contribution is -0.0300. The van der Waals surface area contributed by atoms with Gasteiger partial charge in [0, 0.05) is 12.3 Å². The number of rotatable bonds is 3. The lowest BCUT2D eigenvalue weighted by atomic mass is 10.1. The molecule has 98 valence electrons. The van der Waals surface area contributed by atoms with E-state index < -0.39 is 11.8 Å². The van der Waals surface area contributed by atoms with Crippen molar-refractivity contribution in [2.24, 2.45) is 0 Å². The second-order valence-corrected chi connectivity index (χ2v) is 4.32. The normalized spacial score (nSPS) is 19.5. The second-order valence-electron chi connectivity index (χ2n) is 4.32. The first-order valence-corrected chi connectivity index (χ1v) is 6.00. The number of esters is 1. The molecule has 2 rings (SSSR count). The zero-order chi connectivity index (χ0) is 13.0. The van der Waals surface area contributed by atoms with Crippen LogP contribution in [0, 0.1) is 5.82 Å². The van der Waals surface area contributed by atoms with Crippen molar-refractivity contribution in [3.63, 3.8) is 0 Å². The Labute approximate surface area is 105 Å². The van der Waals surface area contributed by atoms with Crippen LogP contribution in [-0.4, -0.2) is 25.3 Å². The molecule has 0 aliphatic carbocycles. The standard InChI is InChI=1S/C13H16FNO3/c14-9-4-5-12(15)11(7-9)13(16)18-8-10-3-1-2-6-17-10/h4-5,7,10H,1-3,6,8,15H2/t10-/m1/s1. The van der Waals surface area contributed by atoms with E-state index in [1.807, 2.05) is 0 Å². The molecule has 1 heterocycles. The largest absolute Gasteiger partial charge is 0.459 e. The van der Waals surface area contributed by atoms with Gasteiger partial charge in [0.25, 0.3) is 0 Å². The molecule has 1 aliphatic heterocycles. The monoisotopic (exact) mass is 253 g/mol. The molecule has 0 bridgehead atoms. The van der Waals surface area contributed by atoms with E-state index in [9.17, 15) is 9.18 Å². The highest BCUT2D eigenvalue weighted by Crippen LogP contribution is 2.17. The number of ether oxygens (including phenoxy) is 2. The zero-order valence-electron chi connectivity index (χ0n) is 10.0. The van der Waals surface area contributed by atoms with Crippen molar-refractivity contribution < 1.29 is 18.7 Å². The molecule has 0 spiro atoms. The molecule has 1 aromatic rings. The van der Waals surface area contributed by atoms with Crippen molar-refractivity contribution in [3.8, 4) is 0 Å². The number of nitrogens with two attached hydrogens (primary N) is 1. The Bertz CT molecular complexity index is 430. The summed E-state index contributed by atoms with van der Waals surface area (Å²) in [6.45, 7) is 0.888. The Balaban J connectivity index is 1.92. The number of hydrogen-bond donors (Lipinski definition) is 1.